The van der Waals surface area contributed by atoms with Crippen LogP contribution in [0.4, 0.5) is 0 Å². The molecule has 0 heteroatoms. The quantitative estimate of drug-likeness (QED) is 0.435. The molecular weight excluding hydrogens is 168 g/mol. The van der Waals surface area contributed by atoms with E-state index in [1.54, 1.807) is 0 Å². The fourth-order valence-corrected chi connectivity index (χ4v) is 1.69. The molecule has 1 radical (unpaired) electrons. The van der Waals surface area contributed by atoms with Gasteiger partial charge in [-0.1, -0.05) is 72.6 Å². The van der Waals surface area contributed by atoms with Gasteiger partial charge in [0, 0.05) is 0 Å². The van der Waals surface area contributed by atoms with Crippen LogP contribution in [0.1, 0.15) is 78.6 Å². The summed E-state index contributed by atoms with van der Waals surface area (Å²) in [5.74, 6) is 0. The van der Waals surface area contributed by atoms with E-state index in [-0.39, 0.29) is 0 Å². The molecular formula is C14H29. The van der Waals surface area contributed by atoms with Crippen LogP contribution >= 0.6 is 0 Å². The Morgan fingerprint density at radius 1 is 0.857 bits per heavy atom. The lowest BCUT2D eigenvalue weighted by Crippen LogP contribution is -2.08. The predicted octanol–water partition coefficient (Wildman–Crippen LogP) is 5.38. The lowest BCUT2D eigenvalue weighted by Gasteiger charge is -2.21. The first-order valence-electron chi connectivity index (χ1n) is 6.41. The molecule has 0 saturated heterocycles. The van der Waals surface area contributed by atoms with Crippen molar-refractivity contribution in [1.29, 1.82) is 0 Å². The molecule has 0 fully saturated rings. The molecule has 0 aromatic heterocycles. The topological polar surface area (TPSA) is 0 Å². The molecule has 0 saturated carbocycles. The van der Waals surface area contributed by atoms with Crippen LogP contribution in [0.15, 0.2) is 0 Å². The molecule has 14 heavy (non-hydrogen) atoms. The summed E-state index contributed by atoms with van der Waals surface area (Å²) in [7, 11) is 0. The first-order valence-corrected chi connectivity index (χ1v) is 6.41. The molecule has 0 unspecified atom stereocenters. The highest BCUT2D eigenvalue weighted by Gasteiger charge is 2.13. The van der Waals surface area contributed by atoms with Crippen molar-refractivity contribution in [2.24, 2.45) is 5.41 Å². The third kappa shape index (κ3) is 8.59. The highest BCUT2D eigenvalue weighted by atomic mass is 14.2. The van der Waals surface area contributed by atoms with Gasteiger partial charge >= 0.3 is 0 Å². The van der Waals surface area contributed by atoms with E-state index < -0.39 is 0 Å². The molecule has 0 aliphatic heterocycles. The van der Waals surface area contributed by atoms with Gasteiger partial charge in [-0.3, -0.25) is 0 Å². The zero-order chi connectivity index (χ0) is 10.9. The van der Waals surface area contributed by atoms with E-state index in [1.807, 2.05) is 0 Å². The predicted molar refractivity (Wildman–Crippen MR) is 66.4 cm³/mol. The van der Waals surface area contributed by atoms with Crippen molar-refractivity contribution in [1.82, 2.24) is 0 Å². The molecule has 0 amide bonds. The van der Waals surface area contributed by atoms with Gasteiger partial charge < -0.3 is 0 Å². The van der Waals surface area contributed by atoms with Crippen LogP contribution in [0.25, 0.3) is 0 Å². The Bertz CT molecular complexity index is 113. The van der Waals surface area contributed by atoms with Crippen LogP contribution in [0.5, 0.6) is 0 Å². The Morgan fingerprint density at radius 2 is 1.36 bits per heavy atom. The molecule has 85 valence electrons. The van der Waals surface area contributed by atoms with Crippen molar-refractivity contribution >= 4 is 0 Å². The normalized spacial score (nSPS) is 12.0. The van der Waals surface area contributed by atoms with E-state index in [4.69, 9.17) is 0 Å². The summed E-state index contributed by atoms with van der Waals surface area (Å²) in [4.78, 5) is 0. The van der Waals surface area contributed by atoms with Crippen LogP contribution < -0.4 is 0 Å². The van der Waals surface area contributed by atoms with Crippen LogP contribution in [0.2, 0.25) is 0 Å². The smallest absolute Gasteiger partial charge is 0.0354 e. The molecule has 0 heterocycles. The van der Waals surface area contributed by atoms with Crippen LogP contribution in [0.3, 0.4) is 0 Å². The lowest BCUT2D eigenvalue weighted by molar-refractivity contribution is 0.321. The van der Waals surface area contributed by atoms with Gasteiger partial charge in [-0.2, -0.15) is 0 Å². The maximum absolute atomic E-state index is 4.00. The monoisotopic (exact) mass is 197 g/mol. The molecule has 0 spiro atoms. The Kier molecular flexibility index (Phi) is 8.32. The van der Waals surface area contributed by atoms with Crippen molar-refractivity contribution < 1.29 is 0 Å². The highest BCUT2D eigenvalue weighted by Crippen LogP contribution is 2.27. The summed E-state index contributed by atoms with van der Waals surface area (Å²) < 4.78 is 0. The van der Waals surface area contributed by atoms with Crippen LogP contribution in [-0.4, -0.2) is 0 Å². The van der Waals surface area contributed by atoms with Gasteiger partial charge in [0.05, 0.1) is 0 Å². The molecule has 0 N–H and O–H groups in total. The summed E-state index contributed by atoms with van der Waals surface area (Å²) in [5.41, 5.74) is 0.476. The number of unbranched alkanes of at least 4 members (excludes halogenated alkanes) is 6. The van der Waals surface area contributed by atoms with Gasteiger partial charge in [-0.15, -0.1) is 0 Å². The van der Waals surface area contributed by atoms with Gasteiger partial charge in [-0.05, 0) is 18.3 Å². The minimum Gasteiger partial charge on any atom is -0.0654 e. The molecule has 0 rings (SSSR count). The molecule has 0 aliphatic carbocycles. The van der Waals surface area contributed by atoms with E-state index in [0.717, 1.165) is 6.42 Å². The summed E-state index contributed by atoms with van der Waals surface area (Å²) in [6.07, 6.45) is 12.3. The van der Waals surface area contributed by atoms with Gasteiger partial charge in [0.1, 0.15) is 0 Å². The standard InChI is InChI=1S/C14H29/c1-5-7-8-9-10-11-12-13-14(3,4)6-2/h2,5-13H2,1,3-4H3. The minimum atomic E-state index is 0.476. The number of hydrogen-bond acceptors (Lipinski definition) is 0. The largest absolute Gasteiger partial charge is 0.0654 e. The highest BCUT2D eigenvalue weighted by molar-refractivity contribution is 4.69. The molecule has 0 bridgehead atoms. The second-order valence-corrected chi connectivity index (χ2v) is 5.29. The lowest BCUT2D eigenvalue weighted by atomic mass is 9.84. The van der Waals surface area contributed by atoms with Gasteiger partial charge in [0.25, 0.3) is 0 Å². The van der Waals surface area contributed by atoms with Gasteiger partial charge in [0.15, 0.2) is 0 Å². The Balaban J connectivity index is 3.13. The SMILES string of the molecule is [CH2]CC(C)(C)CCCCCCCCC. The van der Waals surface area contributed by atoms with E-state index in [9.17, 15) is 0 Å². The van der Waals surface area contributed by atoms with E-state index in [0.29, 0.717) is 5.41 Å². The zero-order valence-electron chi connectivity index (χ0n) is 10.6. The second-order valence-electron chi connectivity index (χ2n) is 5.29. The molecule has 0 aromatic rings. The average Bonchev–Trinajstić information content (AvgIpc) is 2.16. The van der Waals surface area contributed by atoms with Crippen molar-refractivity contribution in [2.45, 2.75) is 78.6 Å². The van der Waals surface area contributed by atoms with Crippen molar-refractivity contribution in [3.05, 3.63) is 6.92 Å². The maximum atomic E-state index is 4.00. The third-order valence-corrected chi connectivity index (χ3v) is 3.13. The van der Waals surface area contributed by atoms with Gasteiger partial charge in [-0.25, -0.2) is 0 Å². The first kappa shape index (κ1) is 14.0. The fraction of sp³-hybridized carbons (Fsp3) is 0.929. The summed E-state index contributed by atoms with van der Waals surface area (Å²) in [6, 6.07) is 0. The van der Waals surface area contributed by atoms with E-state index in [1.165, 1.54) is 51.4 Å². The summed E-state index contributed by atoms with van der Waals surface area (Å²) >= 11 is 0. The van der Waals surface area contributed by atoms with Crippen molar-refractivity contribution in [2.75, 3.05) is 0 Å². The molecule has 0 aromatic carbocycles. The van der Waals surface area contributed by atoms with Crippen LogP contribution in [0, 0.1) is 12.3 Å². The van der Waals surface area contributed by atoms with Crippen molar-refractivity contribution in [3.63, 3.8) is 0 Å². The maximum Gasteiger partial charge on any atom is -0.0354 e. The molecule has 0 nitrogen and oxygen atoms in total. The number of hydrogen-bond donors (Lipinski definition) is 0. The van der Waals surface area contributed by atoms with Gasteiger partial charge in [0.2, 0.25) is 0 Å². The average molecular weight is 197 g/mol. The second kappa shape index (κ2) is 8.32. The fourth-order valence-electron chi connectivity index (χ4n) is 1.69. The minimum absolute atomic E-state index is 0.476. The molecule has 0 atom stereocenters. The Hall–Kier alpha value is 0. The van der Waals surface area contributed by atoms with Crippen LogP contribution in [-0.2, 0) is 0 Å². The summed E-state index contributed by atoms with van der Waals surface area (Å²) in [5, 5.41) is 0. The molecule has 0 aliphatic rings. The first-order chi connectivity index (χ1) is 6.62. The Morgan fingerprint density at radius 3 is 1.86 bits per heavy atom. The third-order valence-electron chi connectivity index (χ3n) is 3.13. The van der Waals surface area contributed by atoms with E-state index in [2.05, 4.69) is 27.7 Å². The van der Waals surface area contributed by atoms with Crippen molar-refractivity contribution in [3.8, 4) is 0 Å². The Labute approximate surface area is 91.5 Å². The number of rotatable bonds is 9. The summed E-state index contributed by atoms with van der Waals surface area (Å²) in [6.45, 7) is 10.9. The zero-order valence-corrected chi connectivity index (χ0v) is 10.6. The van der Waals surface area contributed by atoms with E-state index >= 15 is 0 Å².